The van der Waals surface area contributed by atoms with Gasteiger partial charge in [-0.05, 0) is 42.8 Å². The molecule has 0 aromatic heterocycles. The molecule has 4 amide bonds. The molecule has 0 radical (unpaired) electrons. The van der Waals surface area contributed by atoms with Gasteiger partial charge in [0.25, 0.3) is 5.91 Å². The number of hydrogen-bond acceptors (Lipinski definition) is 6. The van der Waals surface area contributed by atoms with Gasteiger partial charge in [-0.2, -0.15) is 0 Å². The van der Waals surface area contributed by atoms with E-state index in [-0.39, 0.29) is 24.7 Å². The van der Waals surface area contributed by atoms with Crippen molar-refractivity contribution >= 4 is 29.2 Å². The Morgan fingerprint density at radius 3 is 2.33 bits per heavy atom. The standard InChI is InChI=1S/C24H28N4O5/c1-32-18-9-7-17(8-10-18)28-23(30)19(25-24(28)31)11-12-22(29)27-15-13-26(14-16-27)20-5-3-4-6-21(20)33-2/h3-10,19H,11-16H2,1-2H3,(H,25,31). The summed E-state index contributed by atoms with van der Waals surface area (Å²) in [4.78, 5) is 43.1. The van der Waals surface area contributed by atoms with Crippen LogP contribution in [0.4, 0.5) is 16.2 Å². The van der Waals surface area contributed by atoms with Crippen LogP contribution in [0.2, 0.25) is 0 Å². The number of urea groups is 1. The minimum absolute atomic E-state index is 0.0142. The second-order valence-corrected chi connectivity index (χ2v) is 7.95. The normalized spacial score (nSPS) is 18.4. The summed E-state index contributed by atoms with van der Waals surface area (Å²) in [5.41, 5.74) is 1.49. The molecule has 0 saturated carbocycles. The molecule has 9 nitrogen and oxygen atoms in total. The summed E-state index contributed by atoms with van der Waals surface area (Å²) in [7, 11) is 3.20. The van der Waals surface area contributed by atoms with E-state index in [0.717, 1.165) is 16.3 Å². The third-order valence-electron chi connectivity index (χ3n) is 6.06. The maximum atomic E-state index is 12.8. The number of para-hydroxylation sites is 2. The van der Waals surface area contributed by atoms with Crippen LogP contribution in [0.15, 0.2) is 48.5 Å². The maximum Gasteiger partial charge on any atom is 0.329 e. The molecule has 2 heterocycles. The van der Waals surface area contributed by atoms with Crippen molar-refractivity contribution in [2.75, 3.05) is 50.2 Å². The number of nitrogens with one attached hydrogen (secondary N) is 1. The first-order valence-electron chi connectivity index (χ1n) is 11.0. The van der Waals surface area contributed by atoms with Crippen molar-refractivity contribution in [3.05, 3.63) is 48.5 Å². The van der Waals surface area contributed by atoms with Crippen LogP contribution in [0.5, 0.6) is 11.5 Å². The lowest BCUT2D eigenvalue weighted by atomic mass is 10.1. The Hall–Kier alpha value is -3.75. The van der Waals surface area contributed by atoms with Gasteiger partial charge < -0.3 is 24.6 Å². The number of nitrogens with zero attached hydrogens (tertiary/aromatic N) is 3. The minimum Gasteiger partial charge on any atom is -0.497 e. The lowest BCUT2D eigenvalue weighted by Gasteiger charge is -2.36. The molecule has 2 aliphatic heterocycles. The summed E-state index contributed by atoms with van der Waals surface area (Å²) in [6, 6.07) is 13.4. The molecule has 33 heavy (non-hydrogen) atoms. The van der Waals surface area contributed by atoms with Crippen LogP contribution in [0.3, 0.4) is 0 Å². The van der Waals surface area contributed by atoms with Crippen LogP contribution < -0.4 is 24.6 Å². The first-order chi connectivity index (χ1) is 16.0. The van der Waals surface area contributed by atoms with Gasteiger partial charge in [0.05, 0.1) is 25.6 Å². The quantitative estimate of drug-likeness (QED) is 0.648. The van der Waals surface area contributed by atoms with E-state index in [1.807, 2.05) is 29.2 Å². The summed E-state index contributed by atoms with van der Waals surface area (Å²) in [5, 5.41) is 2.69. The second kappa shape index (κ2) is 9.81. The third kappa shape index (κ3) is 4.72. The van der Waals surface area contributed by atoms with Crippen molar-refractivity contribution in [3.63, 3.8) is 0 Å². The Morgan fingerprint density at radius 2 is 1.67 bits per heavy atom. The highest BCUT2D eigenvalue weighted by Gasteiger charge is 2.39. The molecule has 0 spiro atoms. The summed E-state index contributed by atoms with van der Waals surface area (Å²) in [6.07, 6.45) is 0.463. The van der Waals surface area contributed by atoms with Gasteiger partial charge in [-0.15, -0.1) is 0 Å². The number of piperazine rings is 1. The molecule has 4 rings (SSSR count). The Labute approximate surface area is 192 Å². The highest BCUT2D eigenvalue weighted by atomic mass is 16.5. The molecular formula is C24H28N4O5. The van der Waals surface area contributed by atoms with Crippen LogP contribution >= 0.6 is 0 Å². The summed E-state index contributed by atoms with van der Waals surface area (Å²) >= 11 is 0. The first-order valence-corrected chi connectivity index (χ1v) is 11.0. The van der Waals surface area contributed by atoms with Crippen LogP contribution in [0.1, 0.15) is 12.8 Å². The highest BCUT2D eigenvalue weighted by Crippen LogP contribution is 2.28. The van der Waals surface area contributed by atoms with Crippen LogP contribution in [0.25, 0.3) is 0 Å². The zero-order valence-electron chi connectivity index (χ0n) is 18.8. The Bertz CT molecular complexity index is 1020. The number of imide groups is 1. The zero-order valence-corrected chi connectivity index (χ0v) is 18.8. The van der Waals surface area contributed by atoms with Gasteiger partial charge in [0.1, 0.15) is 17.5 Å². The molecule has 2 aliphatic rings. The lowest BCUT2D eigenvalue weighted by molar-refractivity contribution is -0.131. The van der Waals surface area contributed by atoms with Crippen molar-refractivity contribution in [2.45, 2.75) is 18.9 Å². The average Bonchev–Trinajstić information content (AvgIpc) is 3.15. The van der Waals surface area contributed by atoms with Gasteiger partial charge >= 0.3 is 6.03 Å². The summed E-state index contributed by atoms with van der Waals surface area (Å²) in [6.45, 7) is 2.60. The number of amides is 4. The molecular weight excluding hydrogens is 424 g/mol. The van der Waals surface area contributed by atoms with Crippen molar-refractivity contribution in [1.29, 1.82) is 0 Å². The minimum atomic E-state index is -0.710. The molecule has 1 atom stereocenters. The molecule has 174 valence electrons. The molecule has 2 saturated heterocycles. The fourth-order valence-electron chi connectivity index (χ4n) is 4.22. The van der Waals surface area contributed by atoms with Crippen LogP contribution in [0, 0.1) is 0 Å². The Kier molecular flexibility index (Phi) is 6.67. The van der Waals surface area contributed by atoms with Crippen molar-refractivity contribution in [1.82, 2.24) is 10.2 Å². The maximum absolute atomic E-state index is 12.8. The van der Waals surface area contributed by atoms with E-state index >= 15 is 0 Å². The SMILES string of the molecule is COc1ccc(N2C(=O)NC(CCC(=O)N3CCN(c4ccccc4OC)CC3)C2=O)cc1. The predicted octanol–water partition coefficient (Wildman–Crippen LogP) is 2.26. The Balaban J connectivity index is 1.29. The molecule has 2 aromatic carbocycles. The van der Waals surface area contributed by atoms with Gasteiger partial charge in [0.2, 0.25) is 5.91 Å². The predicted molar refractivity (Wildman–Crippen MR) is 124 cm³/mol. The number of rotatable bonds is 7. The second-order valence-electron chi connectivity index (χ2n) is 7.95. The van der Waals surface area contributed by atoms with Crippen LogP contribution in [-0.2, 0) is 9.59 Å². The van der Waals surface area contributed by atoms with Crippen molar-refractivity contribution in [3.8, 4) is 11.5 Å². The van der Waals surface area contributed by atoms with Crippen LogP contribution in [-0.4, -0.2) is 69.2 Å². The smallest absolute Gasteiger partial charge is 0.329 e. The van der Waals surface area contributed by atoms with Gasteiger partial charge in [-0.25, -0.2) is 9.69 Å². The third-order valence-corrected chi connectivity index (χ3v) is 6.06. The first kappa shape index (κ1) is 22.4. The monoisotopic (exact) mass is 452 g/mol. The van der Waals surface area contributed by atoms with E-state index in [0.29, 0.717) is 37.6 Å². The fourth-order valence-corrected chi connectivity index (χ4v) is 4.22. The van der Waals surface area contributed by atoms with Gasteiger partial charge in [0, 0.05) is 32.6 Å². The number of carbonyl (C=O) groups excluding carboxylic acids is 3. The van der Waals surface area contributed by atoms with E-state index in [4.69, 9.17) is 9.47 Å². The molecule has 1 unspecified atom stereocenters. The summed E-state index contributed by atoms with van der Waals surface area (Å²) < 4.78 is 10.6. The fraction of sp³-hybridized carbons (Fsp3) is 0.375. The van der Waals surface area contributed by atoms with Gasteiger partial charge in [-0.1, -0.05) is 12.1 Å². The van der Waals surface area contributed by atoms with Crippen molar-refractivity contribution in [2.24, 2.45) is 0 Å². The Morgan fingerprint density at radius 1 is 0.970 bits per heavy atom. The van der Waals surface area contributed by atoms with E-state index < -0.39 is 12.1 Å². The number of benzene rings is 2. The number of carbonyl (C=O) groups is 3. The van der Waals surface area contributed by atoms with Gasteiger partial charge in [0.15, 0.2) is 0 Å². The average molecular weight is 453 g/mol. The molecule has 1 N–H and O–H groups in total. The van der Waals surface area contributed by atoms with E-state index in [1.54, 1.807) is 38.5 Å². The molecule has 0 bridgehead atoms. The van der Waals surface area contributed by atoms with E-state index in [9.17, 15) is 14.4 Å². The van der Waals surface area contributed by atoms with E-state index in [1.165, 1.54) is 0 Å². The number of methoxy groups -OCH3 is 2. The van der Waals surface area contributed by atoms with E-state index in [2.05, 4.69) is 10.2 Å². The zero-order chi connectivity index (χ0) is 23.4. The number of hydrogen-bond donors (Lipinski definition) is 1. The molecule has 2 fully saturated rings. The topological polar surface area (TPSA) is 91.4 Å². The largest absolute Gasteiger partial charge is 0.497 e. The van der Waals surface area contributed by atoms with Gasteiger partial charge in [-0.3, -0.25) is 9.59 Å². The number of ether oxygens (including phenoxy) is 2. The summed E-state index contributed by atoms with van der Waals surface area (Å²) in [5.74, 6) is 1.09. The number of anilines is 2. The van der Waals surface area contributed by atoms with Crippen molar-refractivity contribution < 1.29 is 23.9 Å². The molecule has 0 aliphatic carbocycles. The molecule has 2 aromatic rings. The lowest BCUT2D eigenvalue weighted by Crippen LogP contribution is -2.49. The highest BCUT2D eigenvalue weighted by molar-refractivity contribution is 6.21. The molecule has 9 heteroatoms.